The van der Waals surface area contributed by atoms with E-state index in [0.29, 0.717) is 23.9 Å². The molecule has 1 aromatic heterocycles. The highest BCUT2D eigenvalue weighted by Gasteiger charge is 2.23. The van der Waals surface area contributed by atoms with E-state index in [2.05, 4.69) is 21.9 Å². The van der Waals surface area contributed by atoms with E-state index in [1.165, 1.54) is 11.3 Å². The summed E-state index contributed by atoms with van der Waals surface area (Å²) in [5, 5.41) is 4.85. The predicted octanol–water partition coefficient (Wildman–Crippen LogP) is 1.48. The molecule has 0 atom stereocenters. The van der Waals surface area contributed by atoms with Crippen LogP contribution in [0, 0.1) is 5.92 Å². The minimum atomic E-state index is -3.38. The molecule has 120 valence electrons. The van der Waals surface area contributed by atoms with Crippen LogP contribution in [0.1, 0.15) is 24.6 Å². The molecule has 1 aliphatic rings. The van der Waals surface area contributed by atoms with Gasteiger partial charge in [-0.3, -0.25) is 0 Å². The average molecular weight is 332 g/mol. The summed E-state index contributed by atoms with van der Waals surface area (Å²) in [6, 6.07) is 1.69. The molecular weight excluding hydrogens is 306 g/mol. The first kappa shape index (κ1) is 16.9. The van der Waals surface area contributed by atoms with Crippen molar-refractivity contribution in [2.24, 2.45) is 5.92 Å². The third-order valence-electron chi connectivity index (χ3n) is 4.05. The molecule has 1 aromatic rings. The van der Waals surface area contributed by atoms with Crippen LogP contribution >= 0.6 is 11.3 Å². The van der Waals surface area contributed by atoms with Crippen LogP contribution in [0.2, 0.25) is 0 Å². The predicted molar refractivity (Wildman–Crippen MR) is 87.1 cm³/mol. The van der Waals surface area contributed by atoms with Crippen molar-refractivity contribution in [3.05, 3.63) is 16.3 Å². The van der Waals surface area contributed by atoms with Gasteiger partial charge in [-0.2, -0.15) is 0 Å². The van der Waals surface area contributed by atoms with Gasteiger partial charge in [-0.05, 0) is 56.9 Å². The van der Waals surface area contributed by atoms with Crippen LogP contribution in [-0.4, -0.2) is 46.5 Å². The van der Waals surface area contributed by atoms with Crippen molar-refractivity contribution in [1.82, 2.24) is 14.9 Å². The molecule has 2 N–H and O–H groups in total. The van der Waals surface area contributed by atoms with Gasteiger partial charge in [0.05, 0.1) is 4.90 Å². The van der Waals surface area contributed by atoms with Crippen molar-refractivity contribution in [3.8, 4) is 0 Å². The van der Waals surface area contributed by atoms with Crippen LogP contribution in [0.4, 0.5) is 0 Å². The molecule has 2 rings (SSSR count). The van der Waals surface area contributed by atoms with Gasteiger partial charge in [0.1, 0.15) is 0 Å². The van der Waals surface area contributed by atoms with Crippen LogP contribution < -0.4 is 10.0 Å². The van der Waals surface area contributed by atoms with E-state index in [9.17, 15) is 8.42 Å². The second-order valence-corrected chi connectivity index (χ2v) is 8.20. The van der Waals surface area contributed by atoms with Crippen LogP contribution in [0.3, 0.4) is 0 Å². The molecule has 0 aliphatic carbocycles. The Kier molecular flexibility index (Phi) is 6.19. The second kappa shape index (κ2) is 7.69. The number of piperidine rings is 1. The van der Waals surface area contributed by atoms with Gasteiger partial charge in [-0.1, -0.05) is 6.92 Å². The Morgan fingerprint density at radius 1 is 1.38 bits per heavy atom. The Hall–Kier alpha value is -0.470. The van der Waals surface area contributed by atoms with E-state index in [0.717, 1.165) is 37.4 Å². The molecule has 1 aliphatic heterocycles. The van der Waals surface area contributed by atoms with E-state index in [-0.39, 0.29) is 0 Å². The lowest BCUT2D eigenvalue weighted by atomic mass is 9.97. The smallest absolute Gasteiger partial charge is 0.241 e. The van der Waals surface area contributed by atoms with Gasteiger partial charge in [0.25, 0.3) is 0 Å². The maximum Gasteiger partial charge on any atom is 0.241 e. The molecule has 0 unspecified atom stereocenters. The molecule has 5 nitrogen and oxygen atoms in total. The fraction of sp³-hybridized carbons (Fsp3) is 0.714. The SMILES string of the molecule is CCN1CCC(CNS(=O)(=O)c2ccsc2CNC)CC1. The molecule has 1 saturated heterocycles. The first-order chi connectivity index (χ1) is 10.1. The highest BCUT2D eigenvalue weighted by Crippen LogP contribution is 2.22. The molecule has 0 bridgehead atoms. The molecule has 0 radical (unpaired) electrons. The Morgan fingerprint density at radius 2 is 2.10 bits per heavy atom. The lowest BCUT2D eigenvalue weighted by Crippen LogP contribution is -2.38. The number of hydrogen-bond acceptors (Lipinski definition) is 5. The second-order valence-electron chi connectivity index (χ2n) is 5.47. The normalized spacial score (nSPS) is 18.2. The maximum absolute atomic E-state index is 12.4. The van der Waals surface area contributed by atoms with Crippen LogP contribution in [-0.2, 0) is 16.6 Å². The number of nitrogens with zero attached hydrogens (tertiary/aromatic N) is 1. The van der Waals surface area contributed by atoms with Crippen molar-refractivity contribution in [2.75, 3.05) is 33.2 Å². The minimum absolute atomic E-state index is 0.424. The highest BCUT2D eigenvalue weighted by atomic mass is 32.2. The third kappa shape index (κ3) is 4.50. The highest BCUT2D eigenvalue weighted by molar-refractivity contribution is 7.89. The lowest BCUT2D eigenvalue weighted by molar-refractivity contribution is 0.194. The molecular formula is C14H25N3O2S2. The number of thiophene rings is 1. The van der Waals surface area contributed by atoms with Gasteiger partial charge in [-0.25, -0.2) is 13.1 Å². The van der Waals surface area contributed by atoms with Crippen molar-refractivity contribution >= 4 is 21.4 Å². The summed E-state index contributed by atoms with van der Waals surface area (Å²) in [5.41, 5.74) is 0. The van der Waals surface area contributed by atoms with Gasteiger partial charge in [-0.15, -0.1) is 11.3 Å². The van der Waals surface area contributed by atoms with Crippen LogP contribution in [0.5, 0.6) is 0 Å². The summed E-state index contributed by atoms with van der Waals surface area (Å²) < 4.78 is 27.6. The summed E-state index contributed by atoms with van der Waals surface area (Å²) in [6.45, 7) is 6.54. The lowest BCUT2D eigenvalue weighted by Gasteiger charge is -2.30. The summed E-state index contributed by atoms with van der Waals surface area (Å²) in [6.07, 6.45) is 2.15. The number of likely N-dealkylation sites (tertiary alicyclic amines) is 1. The van der Waals surface area contributed by atoms with Crippen molar-refractivity contribution in [2.45, 2.75) is 31.2 Å². The maximum atomic E-state index is 12.4. The fourth-order valence-electron chi connectivity index (χ4n) is 2.67. The first-order valence-corrected chi connectivity index (χ1v) is 9.86. The Labute approximate surface area is 131 Å². The summed E-state index contributed by atoms with van der Waals surface area (Å²) in [5.74, 6) is 0.453. The molecule has 2 heterocycles. The molecule has 7 heteroatoms. The van der Waals surface area contributed by atoms with Crippen LogP contribution in [0.15, 0.2) is 16.3 Å². The minimum Gasteiger partial charge on any atom is -0.315 e. The molecule has 0 spiro atoms. The zero-order chi connectivity index (χ0) is 15.3. The zero-order valence-electron chi connectivity index (χ0n) is 12.8. The quantitative estimate of drug-likeness (QED) is 0.794. The van der Waals surface area contributed by atoms with Gasteiger partial charge in [0.2, 0.25) is 10.0 Å². The molecule has 21 heavy (non-hydrogen) atoms. The van der Waals surface area contributed by atoms with Crippen LogP contribution in [0.25, 0.3) is 0 Å². The molecule has 1 fully saturated rings. The summed E-state index contributed by atoms with van der Waals surface area (Å²) in [4.78, 5) is 3.70. The van der Waals surface area contributed by atoms with Gasteiger partial charge >= 0.3 is 0 Å². The van der Waals surface area contributed by atoms with Gasteiger partial charge in [0.15, 0.2) is 0 Å². The van der Waals surface area contributed by atoms with E-state index in [1.54, 1.807) is 6.07 Å². The monoisotopic (exact) mass is 331 g/mol. The molecule has 0 aromatic carbocycles. The number of nitrogens with one attached hydrogen (secondary N) is 2. The fourth-order valence-corrected chi connectivity index (χ4v) is 5.24. The van der Waals surface area contributed by atoms with E-state index in [4.69, 9.17) is 0 Å². The number of rotatable bonds is 7. The van der Waals surface area contributed by atoms with Crippen molar-refractivity contribution < 1.29 is 8.42 Å². The Bertz CT molecular complexity index is 534. The Balaban J connectivity index is 1.91. The summed E-state index contributed by atoms with van der Waals surface area (Å²) in [7, 11) is -1.56. The van der Waals surface area contributed by atoms with E-state index < -0.39 is 10.0 Å². The first-order valence-electron chi connectivity index (χ1n) is 7.49. The zero-order valence-corrected chi connectivity index (χ0v) is 14.4. The largest absolute Gasteiger partial charge is 0.315 e. The van der Waals surface area contributed by atoms with Gasteiger partial charge in [0, 0.05) is 18.0 Å². The van der Waals surface area contributed by atoms with E-state index in [1.807, 2.05) is 12.4 Å². The van der Waals surface area contributed by atoms with Crippen molar-refractivity contribution in [3.63, 3.8) is 0 Å². The Morgan fingerprint density at radius 3 is 2.71 bits per heavy atom. The summed E-state index contributed by atoms with van der Waals surface area (Å²) >= 11 is 1.48. The topological polar surface area (TPSA) is 61.4 Å². The molecule has 0 amide bonds. The van der Waals surface area contributed by atoms with E-state index >= 15 is 0 Å². The standard InChI is InChI=1S/C14H25N3O2S2/c1-3-17-7-4-12(5-8-17)10-16-21(18,19)14-6-9-20-13(14)11-15-2/h6,9,12,15-16H,3-5,7-8,10-11H2,1-2H3. The van der Waals surface area contributed by atoms with Gasteiger partial charge < -0.3 is 10.2 Å². The average Bonchev–Trinajstić information content (AvgIpc) is 2.95. The number of hydrogen-bond donors (Lipinski definition) is 2. The molecule has 0 saturated carbocycles. The number of sulfonamides is 1. The third-order valence-corrected chi connectivity index (χ3v) is 6.61. The van der Waals surface area contributed by atoms with Crippen molar-refractivity contribution in [1.29, 1.82) is 0 Å².